The van der Waals surface area contributed by atoms with E-state index in [0.717, 1.165) is 12.8 Å². The van der Waals surface area contributed by atoms with E-state index in [-0.39, 0.29) is 11.9 Å². The molecule has 1 saturated carbocycles. The zero-order valence-electron chi connectivity index (χ0n) is 5.89. The number of hydrogen-bond acceptors (Lipinski definition) is 2. The van der Waals surface area contributed by atoms with Crippen molar-refractivity contribution in [1.29, 1.82) is 0 Å². The monoisotopic (exact) mass is 140 g/mol. The van der Waals surface area contributed by atoms with Crippen molar-refractivity contribution in [3.05, 3.63) is 0 Å². The van der Waals surface area contributed by atoms with E-state index in [2.05, 4.69) is 5.32 Å². The van der Waals surface area contributed by atoms with Crippen LogP contribution in [-0.4, -0.2) is 17.5 Å². The summed E-state index contributed by atoms with van der Waals surface area (Å²) in [6.45, 7) is 0. The molecule has 10 heavy (non-hydrogen) atoms. The lowest BCUT2D eigenvalue weighted by atomic mass is 10.2. The second-order valence-corrected chi connectivity index (χ2v) is 3.42. The first kappa shape index (κ1) is 6.16. The summed E-state index contributed by atoms with van der Waals surface area (Å²) in [4.78, 5) is 10.7. The normalized spacial score (nSPS) is 34.6. The number of amides is 1. The summed E-state index contributed by atoms with van der Waals surface area (Å²) in [5.74, 6) is -0.191. The number of primary amides is 1. The second kappa shape index (κ2) is 1.72. The highest BCUT2D eigenvalue weighted by Crippen LogP contribution is 2.44. The summed E-state index contributed by atoms with van der Waals surface area (Å²) in [6.07, 6.45) is 4.55. The number of nitrogens with two attached hydrogens (primary N) is 1. The van der Waals surface area contributed by atoms with Gasteiger partial charge in [-0.1, -0.05) is 0 Å². The van der Waals surface area contributed by atoms with Gasteiger partial charge in [0.15, 0.2) is 0 Å². The smallest absolute Gasteiger partial charge is 0.234 e. The quantitative estimate of drug-likeness (QED) is 0.528. The van der Waals surface area contributed by atoms with E-state index in [0.29, 0.717) is 5.54 Å². The largest absolute Gasteiger partial charge is 0.368 e. The maximum absolute atomic E-state index is 10.7. The molecule has 1 spiro atoms. The average Bonchev–Trinajstić information content (AvgIpc) is 2.41. The Morgan fingerprint density at radius 2 is 2.20 bits per heavy atom. The molecule has 2 rings (SSSR count). The SMILES string of the molecule is NC(=O)C1CCC2(CC2)N1. The maximum Gasteiger partial charge on any atom is 0.234 e. The lowest BCUT2D eigenvalue weighted by Gasteiger charge is -2.08. The molecule has 1 unspecified atom stereocenters. The van der Waals surface area contributed by atoms with Crippen molar-refractivity contribution >= 4 is 5.91 Å². The topological polar surface area (TPSA) is 55.1 Å². The summed E-state index contributed by atoms with van der Waals surface area (Å²) in [5.41, 5.74) is 5.49. The number of hydrogen-bond donors (Lipinski definition) is 2. The summed E-state index contributed by atoms with van der Waals surface area (Å²) < 4.78 is 0. The summed E-state index contributed by atoms with van der Waals surface area (Å²) in [7, 11) is 0. The second-order valence-electron chi connectivity index (χ2n) is 3.42. The highest BCUT2D eigenvalue weighted by molar-refractivity contribution is 5.80. The van der Waals surface area contributed by atoms with E-state index in [1.165, 1.54) is 12.8 Å². The van der Waals surface area contributed by atoms with E-state index in [4.69, 9.17) is 5.73 Å². The molecular weight excluding hydrogens is 128 g/mol. The molecule has 56 valence electrons. The Kier molecular flexibility index (Phi) is 1.06. The number of nitrogens with one attached hydrogen (secondary N) is 1. The van der Waals surface area contributed by atoms with Crippen LogP contribution in [0.3, 0.4) is 0 Å². The van der Waals surface area contributed by atoms with Crippen molar-refractivity contribution < 1.29 is 4.79 Å². The minimum Gasteiger partial charge on any atom is -0.368 e. The first-order valence-electron chi connectivity index (χ1n) is 3.79. The minimum atomic E-state index is -0.191. The van der Waals surface area contributed by atoms with Crippen molar-refractivity contribution in [1.82, 2.24) is 5.32 Å². The molecule has 3 heteroatoms. The van der Waals surface area contributed by atoms with Gasteiger partial charge in [-0.2, -0.15) is 0 Å². The molecule has 3 nitrogen and oxygen atoms in total. The van der Waals surface area contributed by atoms with Gasteiger partial charge >= 0.3 is 0 Å². The highest BCUT2D eigenvalue weighted by atomic mass is 16.1. The molecule has 3 N–H and O–H groups in total. The molecule has 0 aromatic rings. The van der Waals surface area contributed by atoms with Gasteiger partial charge in [0.1, 0.15) is 0 Å². The minimum absolute atomic E-state index is 0.0394. The number of carbonyl (C=O) groups is 1. The van der Waals surface area contributed by atoms with Crippen LogP contribution >= 0.6 is 0 Å². The summed E-state index contributed by atoms with van der Waals surface area (Å²) in [5, 5.41) is 3.27. The third kappa shape index (κ3) is 0.814. The van der Waals surface area contributed by atoms with Gasteiger partial charge in [-0.3, -0.25) is 4.79 Å². The third-order valence-corrected chi connectivity index (χ3v) is 2.59. The summed E-state index contributed by atoms with van der Waals surface area (Å²) >= 11 is 0. The zero-order chi connectivity index (χ0) is 7.19. The molecule has 1 heterocycles. The Morgan fingerprint density at radius 1 is 1.50 bits per heavy atom. The van der Waals surface area contributed by atoms with Gasteiger partial charge in [0.2, 0.25) is 5.91 Å². The number of rotatable bonds is 1. The van der Waals surface area contributed by atoms with Crippen LogP contribution in [0, 0.1) is 0 Å². The van der Waals surface area contributed by atoms with Crippen molar-refractivity contribution in [2.45, 2.75) is 37.3 Å². The molecule has 1 atom stereocenters. The summed E-state index contributed by atoms with van der Waals surface area (Å²) in [6, 6.07) is -0.0394. The fourth-order valence-corrected chi connectivity index (χ4v) is 1.69. The van der Waals surface area contributed by atoms with Crippen molar-refractivity contribution in [2.24, 2.45) is 5.73 Å². The average molecular weight is 140 g/mol. The van der Waals surface area contributed by atoms with E-state index in [1.54, 1.807) is 0 Å². The Bertz CT molecular complexity index is 174. The van der Waals surface area contributed by atoms with E-state index >= 15 is 0 Å². The van der Waals surface area contributed by atoms with E-state index in [9.17, 15) is 4.79 Å². The molecule has 1 aliphatic carbocycles. The predicted octanol–water partition coefficient (Wildman–Crippen LogP) is -0.244. The van der Waals surface area contributed by atoms with E-state index in [1.807, 2.05) is 0 Å². The van der Waals surface area contributed by atoms with Crippen molar-refractivity contribution in [3.8, 4) is 0 Å². The first-order valence-corrected chi connectivity index (χ1v) is 3.79. The van der Waals surface area contributed by atoms with Crippen LogP contribution in [0.4, 0.5) is 0 Å². The molecule has 1 amide bonds. The molecule has 0 radical (unpaired) electrons. The van der Waals surface area contributed by atoms with Gasteiger partial charge in [-0.05, 0) is 25.7 Å². The molecule has 2 aliphatic rings. The van der Waals surface area contributed by atoms with Crippen LogP contribution in [0.1, 0.15) is 25.7 Å². The predicted molar refractivity (Wildman–Crippen MR) is 37.3 cm³/mol. The van der Waals surface area contributed by atoms with Crippen LogP contribution in [0.25, 0.3) is 0 Å². The Labute approximate surface area is 60.0 Å². The molecular formula is C7H12N2O. The first-order chi connectivity index (χ1) is 4.72. The fraction of sp³-hybridized carbons (Fsp3) is 0.857. The van der Waals surface area contributed by atoms with Gasteiger partial charge in [0, 0.05) is 5.54 Å². The fourth-order valence-electron chi connectivity index (χ4n) is 1.69. The van der Waals surface area contributed by atoms with Gasteiger partial charge in [0.05, 0.1) is 6.04 Å². The lowest BCUT2D eigenvalue weighted by molar-refractivity contribution is -0.119. The van der Waals surface area contributed by atoms with Gasteiger partial charge in [0.25, 0.3) is 0 Å². The van der Waals surface area contributed by atoms with Gasteiger partial charge in [-0.25, -0.2) is 0 Å². The van der Waals surface area contributed by atoms with Crippen LogP contribution in [-0.2, 0) is 4.79 Å². The van der Waals surface area contributed by atoms with Gasteiger partial charge < -0.3 is 11.1 Å². The molecule has 0 aromatic carbocycles. The molecule has 0 aromatic heterocycles. The van der Waals surface area contributed by atoms with Crippen molar-refractivity contribution in [2.75, 3.05) is 0 Å². The maximum atomic E-state index is 10.7. The molecule has 0 bridgehead atoms. The Morgan fingerprint density at radius 3 is 2.50 bits per heavy atom. The van der Waals surface area contributed by atoms with Crippen LogP contribution < -0.4 is 11.1 Å². The molecule has 1 aliphatic heterocycles. The van der Waals surface area contributed by atoms with Gasteiger partial charge in [-0.15, -0.1) is 0 Å². The molecule has 1 saturated heterocycles. The van der Waals surface area contributed by atoms with Crippen molar-refractivity contribution in [3.63, 3.8) is 0 Å². The van der Waals surface area contributed by atoms with Crippen LogP contribution in [0.15, 0.2) is 0 Å². The third-order valence-electron chi connectivity index (χ3n) is 2.59. The standard InChI is InChI=1S/C7H12N2O/c8-6(10)5-1-2-7(9-5)3-4-7/h5,9H,1-4H2,(H2,8,10). The van der Waals surface area contributed by atoms with Crippen LogP contribution in [0.2, 0.25) is 0 Å². The van der Waals surface area contributed by atoms with E-state index < -0.39 is 0 Å². The zero-order valence-corrected chi connectivity index (χ0v) is 5.89. The van der Waals surface area contributed by atoms with Crippen LogP contribution in [0.5, 0.6) is 0 Å². The number of carbonyl (C=O) groups excluding carboxylic acids is 1. The molecule has 2 fully saturated rings. The lowest BCUT2D eigenvalue weighted by Crippen LogP contribution is -2.40. The Hall–Kier alpha value is -0.570. The highest BCUT2D eigenvalue weighted by Gasteiger charge is 2.48. The Balaban J connectivity index is 1.99.